The molecule has 0 aromatic heterocycles. The van der Waals surface area contributed by atoms with Crippen molar-refractivity contribution < 1.29 is 23.8 Å². The molecule has 2 amide bonds. The van der Waals surface area contributed by atoms with E-state index >= 15 is 0 Å². The molecule has 0 spiro atoms. The molecule has 0 saturated carbocycles. The van der Waals surface area contributed by atoms with Crippen LogP contribution >= 0.6 is 0 Å². The average molecular weight is 541 g/mol. The maximum Gasteiger partial charge on any atom is 0.414 e. The van der Waals surface area contributed by atoms with Gasteiger partial charge in [-0.3, -0.25) is 15.6 Å². The van der Waals surface area contributed by atoms with E-state index in [9.17, 15) is 9.59 Å². The Hall–Kier alpha value is -3.17. The van der Waals surface area contributed by atoms with Crippen LogP contribution in [0.1, 0.15) is 72.8 Å². The molecule has 0 radical (unpaired) electrons. The van der Waals surface area contributed by atoms with Crippen molar-refractivity contribution in [2.24, 2.45) is 4.99 Å². The number of hydrogen-bond donors (Lipinski definition) is 3. The van der Waals surface area contributed by atoms with E-state index in [1.54, 1.807) is 41.5 Å². The second kappa shape index (κ2) is 13.8. The molecule has 214 valence electrons. The van der Waals surface area contributed by atoms with Crippen LogP contribution in [0.4, 0.5) is 9.59 Å². The van der Waals surface area contributed by atoms with E-state index in [0.717, 1.165) is 32.2 Å². The Labute approximate surface area is 232 Å². The van der Waals surface area contributed by atoms with Crippen LogP contribution in [0.2, 0.25) is 0 Å². The number of fused-ring (bicyclic) bond motifs is 1. The van der Waals surface area contributed by atoms with Crippen LogP contribution in [-0.2, 0) is 20.8 Å². The fourth-order valence-electron chi connectivity index (χ4n) is 4.32. The van der Waals surface area contributed by atoms with Crippen molar-refractivity contribution in [3.8, 4) is 0 Å². The third-order valence-electron chi connectivity index (χ3n) is 5.97. The van der Waals surface area contributed by atoms with E-state index in [4.69, 9.17) is 14.2 Å². The smallest absolute Gasteiger partial charge is 0.414 e. The molecule has 9 heteroatoms. The summed E-state index contributed by atoms with van der Waals surface area (Å²) >= 11 is 0. The van der Waals surface area contributed by atoms with Gasteiger partial charge in [0.1, 0.15) is 11.2 Å². The normalized spacial score (nSPS) is 17.8. The molecular formula is C30H44N4O5. The number of nitrogens with zero attached hydrogens (tertiary/aromatic N) is 1. The zero-order chi connectivity index (χ0) is 28.5. The van der Waals surface area contributed by atoms with Gasteiger partial charge in [0, 0.05) is 12.6 Å². The van der Waals surface area contributed by atoms with Crippen LogP contribution in [-0.4, -0.2) is 54.6 Å². The number of carbonyl (C=O) groups excluding carboxylic acids is 2. The molecule has 2 aromatic carbocycles. The van der Waals surface area contributed by atoms with Gasteiger partial charge in [0.05, 0.1) is 12.7 Å². The van der Waals surface area contributed by atoms with Crippen molar-refractivity contribution in [2.45, 2.75) is 97.2 Å². The zero-order valence-electron chi connectivity index (χ0n) is 24.1. The summed E-state index contributed by atoms with van der Waals surface area (Å²) in [5.74, 6) is 0.00620. The van der Waals surface area contributed by atoms with Crippen molar-refractivity contribution in [3.05, 3.63) is 48.0 Å². The fourth-order valence-corrected chi connectivity index (χ4v) is 4.32. The summed E-state index contributed by atoms with van der Waals surface area (Å²) in [5, 5.41) is 11.1. The molecule has 2 atom stereocenters. The van der Waals surface area contributed by atoms with Crippen molar-refractivity contribution in [1.29, 1.82) is 0 Å². The topological polar surface area (TPSA) is 110 Å². The first-order chi connectivity index (χ1) is 18.4. The molecule has 1 heterocycles. The number of carbonyl (C=O) groups is 2. The van der Waals surface area contributed by atoms with Gasteiger partial charge in [0.2, 0.25) is 5.96 Å². The molecule has 1 fully saturated rings. The number of rotatable bonds is 7. The van der Waals surface area contributed by atoms with Gasteiger partial charge in [-0.25, -0.2) is 9.59 Å². The molecule has 1 unspecified atom stereocenters. The minimum Gasteiger partial charge on any atom is -0.444 e. The molecule has 0 aliphatic carbocycles. The predicted octanol–water partition coefficient (Wildman–Crippen LogP) is 5.66. The first-order valence-electron chi connectivity index (χ1n) is 13.7. The Morgan fingerprint density at radius 1 is 0.949 bits per heavy atom. The number of benzene rings is 2. The largest absolute Gasteiger partial charge is 0.444 e. The van der Waals surface area contributed by atoms with E-state index < -0.39 is 23.4 Å². The van der Waals surface area contributed by atoms with Gasteiger partial charge in [-0.05, 0) is 96.2 Å². The maximum atomic E-state index is 12.3. The Kier molecular flexibility index (Phi) is 10.7. The quantitative estimate of drug-likeness (QED) is 0.237. The first kappa shape index (κ1) is 30.4. The minimum absolute atomic E-state index is 0.00620. The number of guanidine groups is 1. The Morgan fingerprint density at radius 2 is 1.59 bits per heavy atom. The van der Waals surface area contributed by atoms with Crippen LogP contribution in [0.25, 0.3) is 10.8 Å². The summed E-state index contributed by atoms with van der Waals surface area (Å²) in [6.07, 6.45) is 2.37. The van der Waals surface area contributed by atoms with E-state index in [1.807, 2.05) is 0 Å². The fraction of sp³-hybridized carbons (Fsp3) is 0.567. The molecule has 3 rings (SSSR count). The molecule has 2 aromatic rings. The van der Waals surface area contributed by atoms with E-state index in [-0.39, 0.29) is 12.1 Å². The Balaban J connectivity index is 1.47. The summed E-state index contributed by atoms with van der Waals surface area (Å²) in [4.78, 5) is 28.9. The highest BCUT2D eigenvalue weighted by Gasteiger charge is 2.23. The van der Waals surface area contributed by atoms with Crippen LogP contribution in [0.15, 0.2) is 47.5 Å². The number of ether oxygens (including phenoxy) is 3. The number of amides is 2. The summed E-state index contributed by atoms with van der Waals surface area (Å²) in [5.41, 5.74) is -0.179. The molecule has 1 saturated heterocycles. The molecular weight excluding hydrogens is 496 g/mol. The van der Waals surface area contributed by atoms with Crippen molar-refractivity contribution in [2.75, 3.05) is 13.1 Å². The van der Waals surface area contributed by atoms with Gasteiger partial charge in [0.25, 0.3) is 0 Å². The second-order valence-electron chi connectivity index (χ2n) is 11.9. The Bertz CT molecular complexity index is 1100. The lowest BCUT2D eigenvalue weighted by molar-refractivity contribution is 0.00995. The van der Waals surface area contributed by atoms with Gasteiger partial charge in [0.15, 0.2) is 0 Å². The number of hydrogen-bond acceptors (Lipinski definition) is 7. The number of nitrogens with one attached hydrogen (secondary N) is 3. The van der Waals surface area contributed by atoms with E-state index in [2.05, 4.69) is 63.4 Å². The second-order valence-corrected chi connectivity index (χ2v) is 11.9. The van der Waals surface area contributed by atoms with E-state index in [0.29, 0.717) is 19.2 Å². The van der Waals surface area contributed by atoms with Gasteiger partial charge in [-0.1, -0.05) is 36.4 Å². The summed E-state index contributed by atoms with van der Waals surface area (Å²) in [6.45, 7) is 12.5. The van der Waals surface area contributed by atoms with E-state index in [1.165, 1.54) is 16.3 Å². The first-order valence-corrected chi connectivity index (χ1v) is 13.7. The molecule has 39 heavy (non-hydrogen) atoms. The highest BCUT2D eigenvalue weighted by molar-refractivity contribution is 6.01. The van der Waals surface area contributed by atoms with Crippen LogP contribution < -0.4 is 16.0 Å². The lowest BCUT2D eigenvalue weighted by Gasteiger charge is -2.30. The average Bonchev–Trinajstić information content (AvgIpc) is 2.83. The van der Waals surface area contributed by atoms with Crippen LogP contribution in [0, 0.1) is 0 Å². The molecule has 1 aliphatic heterocycles. The highest BCUT2D eigenvalue weighted by atomic mass is 16.6. The standard InChI is InChI=1S/C30H44N4O5/c1-29(2,3)38-27(35)33-26(34-28(36)39-30(4,5)6)32-16-9-12-24-19-25(15-17-31-24)37-20-21-13-14-22-10-7-8-11-23(22)18-21/h7-8,10-11,13-14,18,24-25,31H,9,12,15-17,19-20H2,1-6H3,(H2,32,33,34,35,36)/t24-,25?/m0/s1. The summed E-state index contributed by atoms with van der Waals surface area (Å²) in [7, 11) is 0. The number of alkyl carbamates (subject to hydrolysis) is 2. The third kappa shape index (κ3) is 11.6. The van der Waals surface area contributed by atoms with Gasteiger partial charge < -0.3 is 19.5 Å². The van der Waals surface area contributed by atoms with Gasteiger partial charge in [-0.15, -0.1) is 0 Å². The number of piperidine rings is 1. The van der Waals surface area contributed by atoms with Crippen LogP contribution in [0.3, 0.4) is 0 Å². The van der Waals surface area contributed by atoms with Gasteiger partial charge in [-0.2, -0.15) is 0 Å². The zero-order valence-corrected chi connectivity index (χ0v) is 24.1. The maximum absolute atomic E-state index is 12.3. The predicted molar refractivity (Wildman–Crippen MR) is 154 cm³/mol. The number of aliphatic imine (C=N–C) groups is 1. The Morgan fingerprint density at radius 3 is 2.23 bits per heavy atom. The minimum atomic E-state index is -0.697. The summed E-state index contributed by atoms with van der Waals surface area (Å²) in [6, 6.07) is 15.1. The molecule has 3 N–H and O–H groups in total. The molecule has 9 nitrogen and oxygen atoms in total. The van der Waals surface area contributed by atoms with Crippen molar-refractivity contribution in [3.63, 3.8) is 0 Å². The highest BCUT2D eigenvalue weighted by Crippen LogP contribution is 2.20. The van der Waals surface area contributed by atoms with Crippen LogP contribution in [0.5, 0.6) is 0 Å². The molecule has 1 aliphatic rings. The SMILES string of the molecule is CC(C)(C)OC(=O)NC(=NCCC[C@H]1CC(OCc2ccc3ccccc3c2)CCN1)NC(=O)OC(C)(C)C. The molecule has 0 bridgehead atoms. The monoisotopic (exact) mass is 540 g/mol. The lowest BCUT2D eigenvalue weighted by atomic mass is 9.98. The van der Waals surface area contributed by atoms with Gasteiger partial charge >= 0.3 is 12.2 Å². The van der Waals surface area contributed by atoms with Crippen molar-refractivity contribution >= 4 is 28.9 Å². The third-order valence-corrected chi connectivity index (χ3v) is 5.97. The van der Waals surface area contributed by atoms with Crippen molar-refractivity contribution in [1.82, 2.24) is 16.0 Å². The summed E-state index contributed by atoms with van der Waals surface area (Å²) < 4.78 is 16.9. The lowest BCUT2D eigenvalue weighted by Crippen LogP contribution is -2.47.